The van der Waals surface area contributed by atoms with Gasteiger partial charge in [-0.05, 0) is 41.0 Å². The molecule has 0 aliphatic carbocycles. The molecule has 3 N–H and O–H groups in total. The predicted octanol–water partition coefficient (Wildman–Crippen LogP) is 4.39. The minimum atomic E-state index is -1.14. The van der Waals surface area contributed by atoms with E-state index in [0.29, 0.717) is 17.9 Å². The first-order chi connectivity index (χ1) is 22.8. The lowest BCUT2D eigenvalue weighted by atomic mass is 9.79. The number of methoxy groups -OCH3 is 2. The Morgan fingerprint density at radius 2 is 1.60 bits per heavy atom. The van der Waals surface area contributed by atoms with Crippen LogP contribution in [0.1, 0.15) is 43.2 Å². The van der Waals surface area contributed by atoms with E-state index in [0.717, 1.165) is 16.7 Å². The summed E-state index contributed by atoms with van der Waals surface area (Å²) >= 11 is 0. The van der Waals surface area contributed by atoms with Gasteiger partial charge in [-0.25, -0.2) is 4.98 Å². The maximum Gasteiger partial charge on any atom is 0.280 e. The van der Waals surface area contributed by atoms with E-state index in [-0.39, 0.29) is 35.5 Å². The van der Waals surface area contributed by atoms with E-state index in [2.05, 4.69) is 20.3 Å². The number of fused-ring (bicyclic) bond motifs is 1. The Kier molecular flexibility index (Phi) is 9.08. The third-order valence-corrected chi connectivity index (χ3v) is 8.37. The van der Waals surface area contributed by atoms with Crippen LogP contribution in [-0.4, -0.2) is 63.6 Å². The van der Waals surface area contributed by atoms with Gasteiger partial charge in [0.05, 0.1) is 33.3 Å². The Hall–Kier alpha value is -5.04. The first-order valence-electron chi connectivity index (χ1n) is 15.3. The second-order valence-electron chi connectivity index (χ2n) is 11.6. The number of carbonyl (C=O) groups excluding carboxylic acids is 1. The Labute approximate surface area is 271 Å². The maximum absolute atomic E-state index is 12.9. The summed E-state index contributed by atoms with van der Waals surface area (Å²) in [4.78, 5) is 36.6. The molecule has 1 aliphatic rings. The molecule has 0 saturated carbocycles. The number of aliphatic hydroxyl groups is 1. The number of amides is 1. The van der Waals surface area contributed by atoms with Crippen molar-refractivity contribution in [3.05, 3.63) is 112 Å². The van der Waals surface area contributed by atoms with Crippen LogP contribution in [0.25, 0.3) is 11.2 Å². The molecule has 12 heteroatoms. The molecule has 47 heavy (non-hydrogen) atoms. The standard InChI is InChI=1S/C35H37N5O7/c1-21(2)32(42)38-34-37-31-30(33(43)39-34)36-20-40(31)29-18-27(28(19-41)46-29)47-35(22-8-6-5-7-9-22,23-10-14-25(44-3)15-11-23)24-12-16-26(45-4)17-13-24/h5-17,20-21,27-29,41H,18-19H2,1-4H3,(H2,37,38,39,42,43)/t27-,28+,29+/m0/s1. The van der Waals surface area contributed by atoms with Crippen molar-refractivity contribution in [2.75, 3.05) is 26.1 Å². The highest BCUT2D eigenvalue weighted by molar-refractivity contribution is 5.91. The van der Waals surface area contributed by atoms with Crippen LogP contribution in [0.15, 0.2) is 90.0 Å². The number of anilines is 1. The number of rotatable bonds is 11. The number of benzene rings is 3. The van der Waals surface area contributed by atoms with Crippen molar-refractivity contribution >= 4 is 23.0 Å². The van der Waals surface area contributed by atoms with E-state index >= 15 is 0 Å². The number of hydrogen-bond acceptors (Lipinski definition) is 9. The number of aromatic nitrogens is 4. The first kappa shape index (κ1) is 31.9. The van der Waals surface area contributed by atoms with Gasteiger partial charge < -0.3 is 24.1 Å². The molecule has 2 aromatic heterocycles. The van der Waals surface area contributed by atoms with Crippen molar-refractivity contribution in [1.29, 1.82) is 0 Å². The van der Waals surface area contributed by atoms with E-state index in [4.69, 9.17) is 18.9 Å². The van der Waals surface area contributed by atoms with Crippen molar-refractivity contribution in [2.24, 2.45) is 5.92 Å². The van der Waals surface area contributed by atoms with Crippen LogP contribution in [0.3, 0.4) is 0 Å². The van der Waals surface area contributed by atoms with Gasteiger partial charge in [-0.2, -0.15) is 4.98 Å². The normalized spacial score (nSPS) is 18.0. The zero-order valence-corrected chi connectivity index (χ0v) is 26.5. The van der Waals surface area contributed by atoms with Gasteiger partial charge in [0.1, 0.15) is 29.4 Å². The molecule has 12 nitrogen and oxygen atoms in total. The van der Waals surface area contributed by atoms with Crippen LogP contribution in [0, 0.1) is 5.92 Å². The summed E-state index contributed by atoms with van der Waals surface area (Å²) in [6.45, 7) is 3.16. The second kappa shape index (κ2) is 13.4. The van der Waals surface area contributed by atoms with Crippen molar-refractivity contribution in [1.82, 2.24) is 19.5 Å². The van der Waals surface area contributed by atoms with Gasteiger partial charge in [-0.3, -0.25) is 24.5 Å². The van der Waals surface area contributed by atoms with Gasteiger partial charge in [0.2, 0.25) is 11.9 Å². The van der Waals surface area contributed by atoms with Gasteiger partial charge >= 0.3 is 0 Å². The van der Waals surface area contributed by atoms with Gasteiger partial charge in [0, 0.05) is 12.3 Å². The number of ether oxygens (including phenoxy) is 4. The lowest BCUT2D eigenvalue weighted by molar-refractivity contribution is -0.118. The Morgan fingerprint density at radius 1 is 1.00 bits per heavy atom. The molecule has 0 radical (unpaired) electrons. The second-order valence-corrected chi connectivity index (χ2v) is 11.6. The van der Waals surface area contributed by atoms with E-state index in [1.807, 2.05) is 78.9 Å². The summed E-state index contributed by atoms with van der Waals surface area (Å²) < 4.78 is 26.1. The van der Waals surface area contributed by atoms with Gasteiger partial charge in [0.25, 0.3) is 5.56 Å². The Balaban J connectivity index is 1.43. The fourth-order valence-electron chi connectivity index (χ4n) is 5.87. The molecule has 0 spiro atoms. The minimum absolute atomic E-state index is 0.00885. The first-order valence-corrected chi connectivity index (χ1v) is 15.3. The lowest BCUT2D eigenvalue weighted by Gasteiger charge is -2.39. The molecule has 3 atom stereocenters. The Bertz CT molecular complexity index is 1840. The average Bonchev–Trinajstić information content (AvgIpc) is 3.71. The molecule has 6 rings (SSSR count). The number of aromatic amines is 1. The number of nitrogens with zero attached hydrogens (tertiary/aromatic N) is 3. The predicted molar refractivity (Wildman–Crippen MR) is 174 cm³/mol. The van der Waals surface area contributed by atoms with E-state index < -0.39 is 29.6 Å². The third kappa shape index (κ3) is 6.10. The van der Waals surface area contributed by atoms with Gasteiger partial charge in [0.15, 0.2) is 11.2 Å². The Morgan fingerprint density at radius 3 is 2.15 bits per heavy atom. The summed E-state index contributed by atoms with van der Waals surface area (Å²) in [5, 5.41) is 13.2. The smallest absolute Gasteiger partial charge is 0.280 e. The van der Waals surface area contributed by atoms with E-state index in [1.54, 1.807) is 32.6 Å². The summed E-state index contributed by atoms with van der Waals surface area (Å²) in [6.07, 6.45) is -0.294. The van der Waals surface area contributed by atoms with Crippen LogP contribution in [-0.2, 0) is 19.9 Å². The number of hydrogen-bond donors (Lipinski definition) is 3. The lowest BCUT2D eigenvalue weighted by Crippen LogP contribution is -2.40. The van der Waals surface area contributed by atoms with Crippen LogP contribution < -0.4 is 20.3 Å². The van der Waals surface area contributed by atoms with E-state index in [1.165, 1.54) is 6.33 Å². The quantitative estimate of drug-likeness (QED) is 0.179. The molecular weight excluding hydrogens is 602 g/mol. The third-order valence-electron chi connectivity index (χ3n) is 8.37. The summed E-state index contributed by atoms with van der Waals surface area (Å²) in [6, 6.07) is 25.2. The number of imidazole rings is 1. The SMILES string of the molecule is COc1ccc(C(O[C@H]2C[C@H](n3cnc4c(=O)[nH]c(NC(=O)C(C)C)nc43)O[C@@H]2CO)(c2ccccc2)c2ccc(OC)cc2)cc1. The van der Waals surface area contributed by atoms with Crippen molar-refractivity contribution in [3.8, 4) is 11.5 Å². The van der Waals surface area contributed by atoms with E-state index in [9.17, 15) is 14.7 Å². The molecule has 1 fully saturated rings. The molecule has 1 amide bonds. The van der Waals surface area contributed by atoms with Crippen molar-refractivity contribution < 1.29 is 28.8 Å². The van der Waals surface area contributed by atoms with Crippen LogP contribution in [0.2, 0.25) is 0 Å². The molecule has 5 aromatic rings. The summed E-state index contributed by atoms with van der Waals surface area (Å²) in [5.74, 6) is 0.791. The summed E-state index contributed by atoms with van der Waals surface area (Å²) in [5.41, 5.74) is 1.22. The van der Waals surface area contributed by atoms with Crippen molar-refractivity contribution in [3.63, 3.8) is 0 Å². The fraction of sp³-hybridized carbons (Fsp3) is 0.314. The molecule has 0 unspecified atom stereocenters. The number of carbonyl (C=O) groups is 1. The highest BCUT2D eigenvalue weighted by Crippen LogP contribution is 2.45. The monoisotopic (exact) mass is 639 g/mol. The van der Waals surface area contributed by atoms with Crippen LogP contribution >= 0.6 is 0 Å². The van der Waals surface area contributed by atoms with Crippen LogP contribution in [0.4, 0.5) is 5.95 Å². The zero-order chi connectivity index (χ0) is 33.1. The highest BCUT2D eigenvalue weighted by Gasteiger charge is 2.46. The minimum Gasteiger partial charge on any atom is -0.497 e. The highest BCUT2D eigenvalue weighted by atomic mass is 16.6. The number of H-pyrrole nitrogens is 1. The van der Waals surface area contributed by atoms with Crippen molar-refractivity contribution in [2.45, 2.75) is 44.3 Å². The van der Waals surface area contributed by atoms with Gasteiger partial charge in [-0.15, -0.1) is 0 Å². The topological polar surface area (TPSA) is 150 Å². The zero-order valence-electron chi connectivity index (χ0n) is 26.5. The molecule has 244 valence electrons. The van der Waals surface area contributed by atoms with Crippen LogP contribution in [0.5, 0.6) is 11.5 Å². The maximum atomic E-state index is 12.9. The number of aliphatic hydroxyl groups excluding tert-OH is 1. The molecule has 1 aliphatic heterocycles. The molecular formula is C35H37N5O7. The molecule has 3 heterocycles. The van der Waals surface area contributed by atoms with Gasteiger partial charge in [-0.1, -0.05) is 68.4 Å². The fourth-order valence-corrected chi connectivity index (χ4v) is 5.87. The molecule has 3 aromatic carbocycles. The summed E-state index contributed by atoms with van der Waals surface area (Å²) in [7, 11) is 3.23. The molecule has 1 saturated heterocycles. The largest absolute Gasteiger partial charge is 0.497 e. The molecule has 0 bridgehead atoms. The average molecular weight is 640 g/mol. The number of nitrogens with one attached hydrogen (secondary N) is 2.